The van der Waals surface area contributed by atoms with Crippen molar-refractivity contribution in [1.82, 2.24) is 15.1 Å². The number of nitrogens with zero attached hydrogens (tertiary/aromatic N) is 2. The lowest BCUT2D eigenvalue weighted by Gasteiger charge is -2.45. The molecule has 154 valence electrons. The molecule has 2 heterocycles. The van der Waals surface area contributed by atoms with Gasteiger partial charge in [0.25, 0.3) is 0 Å². The van der Waals surface area contributed by atoms with Crippen LogP contribution in [0.5, 0.6) is 11.5 Å². The summed E-state index contributed by atoms with van der Waals surface area (Å²) >= 11 is 0. The van der Waals surface area contributed by atoms with Crippen LogP contribution in [0.25, 0.3) is 0 Å². The molecule has 1 saturated heterocycles. The van der Waals surface area contributed by atoms with Gasteiger partial charge in [-0.2, -0.15) is 0 Å². The van der Waals surface area contributed by atoms with Crippen LogP contribution in [0, 0.1) is 0 Å². The molecule has 2 aliphatic rings. The van der Waals surface area contributed by atoms with E-state index in [9.17, 15) is 9.59 Å². The van der Waals surface area contributed by atoms with E-state index in [0.717, 1.165) is 17.7 Å². The van der Waals surface area contributed by atoms with Crippen molar-refractivity contribution in [2.75, 3.05) is 54.6 Å². The Kier molecular flexibility index (Phi) is 5.98. The lowest BCUT2D eigenvalue weighted by Crippen LogP contribution is -2.51. The van der Waals surface area contributed by atoms with Gasteiger partial charge in [-0.15, -0.1) is 0 Å². The number of piperidine rings is 1. The molecule has 1 aromatic rings. The molecule has 8 nitrogen and oxygen atoms in total. The van der Waals surface area contributed by atoms with E-state index in [4.69, 9.17) is 14.2 Å². The molecule has 1 aromatic carbocycles. The van der Waals surface area contributed by atoms with Crippen molar-refractivity contribution in [1.29, 1.82) is 0 Å². The van der Waals surface area contributed by atoms with Crippen LogP contribution in [0.4, 0.5) is 4.79 Å². The molecule has 0 saturated carbocycles. The fourth-order valence-corrected chi connectivity index (χ4v) is 3.94. The average Bonchev–Trinajstić information content (AvgIpc) is 2.71. The summed E-state index contributed by atoms with van der Waals surface area (Å²) in [5, 5.41) is 2.63. The number of methoxy groups -OCH3 is 2. The largest absolute Gasteiger partial charge is 0.493 e. The maximum Gasteiger partial charge on any atom is 0.317 e. The third kappa shape index (κ3) is 3.87. The standard InChI is InChI=1S/C20H29N3O5/c1-22(2)19(25)21-13-18(24)23-8-6-20(7-9-23)15-12-17(27-4)16(26-3)11-14(15)5-10-28-20/h11-12H,5-10,13H2,1-4H3,(H,21,25). The van der Waals surface area contributed by atoms with E-state index in [1.54, 1.807) is 33.2 Å². The monoisotopic (exact) mass is 391 g/mol. The number of nitrogens with one attached hydrogen (secondary N) is 1. The molecule has 2 aliphatic heterocycles. The Balaban J connectivity index is 1.71. The fourth-order valence-electron chi connectivity index (χ4n) is 3.94. The molecule has 1 spiro atoms. The number of fused-ring (bicyclic) bond motifs is 2. The molecule has 0 aromatic heterocycles. The Morgan fingerprint density at radius 2 is 1.82 bits per heavy atom. The number of carbonyl (C=O) groups excluding carboxylic acids is 2. The molecule has 0 radical (unpaired) electrons. The second-order valence-corrected chi connectivity index (χ2v) is 7.39. The quantitative estimate of drug-likeness (QED) is 0.838. The normalized spacial score (nSPS) is 17.6. The molecule has 1 N–H and O–H groups in total. The average molecular weight is 391 g/mol. The van der Waals surface area contributed by atoms with Gasteiger partial charge in [-0.05, 0) is 42.5 Å². The van der Waals surface area contributed by atoms with Crippen molar-refractivity contribution >= 4 is 11.9 Å². The van der Waals surface area contributed by atoms with Gasteiger partial charge in [0, 0.05) is 27.2 Å². The molecule has 28 heavy (non-hydrogen) atoms. The molecule has 1 fully saturated rings. The third-order valence-electron chi connectivity index (χ3n) is 5.57. The minimum atomic E-state index is -0.406. The van der Waals surface area contributed by atoms with Crippen LogP contribution < -0.4 is 14.8 Å². The summed E-state index contributed by atoms with van der Waals surface area (Å²) < 4.78 is 17.2. The number of amides is 3. The second kappa shape index (κ2) is 8.26. The summed E-state index contributed by atoms with van der Waals surface area (Å²) in [5.41, 5.74) is 1.93. The van der Waals surface area contributed by atoms with E-state index in [2.05, 4.69) is 5.32 Å². The first-order chi connectivity index (χ1) is 13.4. The SMILES string of the molecule is COc1cc2c(cc1OC)C1(CCN(C(=O)CNC(=O)N(C)C)CC1)OCC2. The van der Waals surface area contributed by atoms with Crippen LogP contribution in [-0.4, -0.2) is 76.3 Å². The lowest BCUT2D eigenvalue weighted by molar-refractivity contribution is -0.139. The first-order valence-electron chi connectivity index (χ1n) is 9.52. The van der Waals surface area contributed by atoms with Crippen molar-refractivity contribution in [3.63, 3.8) is 0 Å². The highest BCUT2D eigenvalue weighted by atomic mass is 16.5. The van der Waals surface area contributed by atoms with E-state index in [1.807, 2.05) is 12.1 Å². The molecule has 3 rings (SSSR count). The maximum absolute atomic E-state index is 12.4. The maximum atomic E-state index is 12.4. The zero-order valence-corrected chi connectivity index (χ0v) is 17.0. The summed E-state index contributed by atoms with van der Waals surface area (Å²) in [6.45, 7) is 1.83. The molecule has 8 heteroatoms. The number of urea groups is 1. The van der Waals surface area contributed by atoms with Crippen LogP contribution in [0.15, 0.2) is 12.1 Å². The summed E-state index contributed by atoms with van der Waals surface area (Å²) in [6, 6.07) is 3.78. The van der Waals surface area contributed by atoms with Gasteiger partial charge in [0.1, 0.15) is 0 Å². The van der Waals surface area contributed by atoms with Gasteiger partial charge in [0.05, 0.1) is 33.0 Å². The van der Waals surface area contributed by atoms with Gasteiger partial charge in [0.2, 0.25) is 5.91 Å². The molecule has 3 amide bonds. The summed E-state index contributed by atoms with van der Waals surface area (Å²) in [7, 11) is 6.56. The molecule has 0 aliphatic carbocycles. The lowest BCUT2D eigenvalue weighted by atomic mass is 9.79. The van der Waals surface area contributed by atoms with Crippen molar-refractivity contribution in [3.8, 4) is 11.5 Å². The van der Waals surface area contributed by atoms with Gasteiger partial charge in [-0.25, -0.2) is 4.79 Å². The van der Waals surface area contributed by atoms with Gasteiger partial charge in [0.15, 0.2) is 11.5 Å². The third-order valence-corrected chi connectivity index (χ3v) is 5.57. The van der Waals surface area contributed by atoms with E-state index >= 15 is 0 Å². The highest BCUT2D eigenvalue weighted by Gasteiger charge is 2.42. The topological polar surface area (TPSA) is 80.3 Å². The van der Waals surface area contributed by atoms with E-state index < -0.39 is 5.60 Å². The number of benzene rings is 1. The Bertz CT molecular complexity index is 742. The smallest absolute Gasteiger partial charge is 0.317 e. The number of hydrogen-bond acceptors (Lipinski definition) is 5. The van der Waals surface area contributed by atoms with E-state index in [0.29, 0.717) is 38.3 Å². The van der Waals surface area contributed by atoms with Crippen molar-refractivity contribution in [2.45, 2.75) is 24.9 Å². The number of ether oxygens (including phenoxy) is 3. The predicted molar refractivity (Wildman–Crippen MR) is 104 cm³/mol. The van der Waals surface area contributed by atoms with Gasteiger partial charge < -0.3 is 29.3 Å². The Morgan fingerprint density at radius 3 is 2.43 bits per heavy atom. The highest BCUT2D eigenvalue weighted by Crippen LogP contribution is 2.45. The number of rotatable bonds is 4. The van der Waals surface area contributed by atoms with Gasteiger partial charge in [-0.3, -0.25) is 4.79 Å². The van der Waals surface area contributed by atoms with Crippen LogP contribution in [0.3, 0.4) is 0 Å². The van der Waals surface area contributed by atoms with Gasteiger partial charge in [-0.1, -0.05) is 0 Å². The summed E-state index contributed by atoms with van der Waals surface area (Å²) in [4.78, 5) is 27.3. The van der Waals surface area contributed by atoms with Crippen molar-refractivity contribution < 1.29 is 23.8 Å². The molecule has 0 unspecified atom stereocenters. The minimum Gasteiger partial charge on any atom is -0.493 e. The Labute approximate surface area is 165 Å². The van der Waals surface area contributed by atoms with E-state index in [-0.39, 0.29) is 18.5 Å². The van der Waals surface area contributed by atoms with Crippen LogP contribution in [-0.2, 0) is 21.6 Å². The number of hydrogen-bond donors (Lipinski definition) is 1. The zero-order valence-electron chi connectivity index (χ0n) is 17.0. The zero-order chi connectivity index (χ0) is 20.3. The second-order valence-electron chi connectivity index (χ2n) is 7.39. The van der Waals surface area contributed by atoms with Crippen LogP contribution >= 0.6 is 0 Å². The summed E-state index contributed by atoms with van der Waals surface area (Å²) in [5.74, 6) is 1.34. The first kappa shape index (κ1) is 20.3. The van der Waals surface area contributed by atoms with Crippen molar-refractivity contribution in [3.05, 3.63) is 23.3 Å². The Morgan fingerprint density at radius 1 is 1.18 bits per heavy atom. The van der Waals surface area contributed by atoms with Crippen molar-refractivity contribution in [2.24, 2.45) is 0 Å². The van der Waals surface area contributed by atoms with Crippen LogP contribution in [0.1, 0.15) is 24.0 Å². The predicted octanol–water partition coefficient (Wildman–Crippen LogP) is 1.37. The molecule has 0 bridgehead atoms. The van der Waals surface area contributed by atoms with Gasteiger partial charge >= 0.3 is 6.03 Å². The van der Waals surface area contributed by atoms with E-state index in [1.165, 1.54) is 10.5 Å². The number of carbonyl (C=O) groups is 2. The minimum absolute atomic E-state index is 0.00643. The summed E-state index contributed by atoms with van der Waals surface area (Å²) in [6.07, 6.45) is 2.25. The molecule has 0 atom stereocenters. The van der Waals surface area contributed by atoms with Crippen LogP contribution in [0.2, 0.25) is 0 Å². The Hall–Kier alpha value is -2.48. The highest BCUT2D eigenvalue weighted by molar-refractivity contribution is 5.83. The molecular formula is C20H29N3O5. The first-order valence-corrected chi connectivity index (χ1v) is 9.52. The number of likely N-dealkylation sites (tertiary alicyclic amines) is 1. The molecular weight excluding hydrogens is 362 g/mol. The fraction of sp³-hybridized carbons (Fsp3) is 0.600.